The highest BCUT2D eigenvalue weighted by Gasteiger charge is 2.05. The van der Waals surface area contributed by atoms with E-state index in [9.17, 15) is 4.39 Å². The van der Waals surface area contributed by atoms with Gasteiger partial charge in [0.15, 0.2) is 5.96 Å². The van der Waals surface area contributed by atoms with E-state index in [2.05, 4.69) is 27.8 Å². The van der Waals surface area contributed by atoms with E-state index in [0.717, 1.165) is 11.1 Å². The Bertz CT molecular complexity index is 716. The summed E-state index contributed by atoms with van der Waals surface area (Å²) in [5.74, 6) is 0.485. The van der Waals surface area contributed by atoms with Gasteiger partial charge in [-0.25, -0.2) is 4.39 Å². The molecule has 2 aromatic carbocycles. The number of nitrogens with one attached hydrogen (secondary N) is 2. The molecule has 0 aliphatic rings. The number of halogens is 1. The second-order valence-electron chi connectivity index (χ2n) is 5.77. The number of guanidine groups is 1. The van der Waals surface area contributed by atoms with Gasteiger partial charge >= 0.3 is 0 Å². The van der Waals surface area contributed by atoms with Crippen LogP contribution in [0.15, 0.2) is 47.5 Å². The zero-order valence-electron chi connectivity index (χ0n) is 15.1. The lowest BCUT2D eigenvalue weighted by Gasteiger charge is -2.14. The SMILES string of the molecule is CCOCc1ccccc1CNC(=NC)NCc1ccc(C)c(F)c1. The molecule has 0 unspecified atom stereocenters. The van der Waals surface area contributed by atoms with Gasteiger partial charge < -0.3 is 15.4 Å². The maximum atomic E-state index is 13.6. The van der Waals surface area contributed by atoms with Gasteiger partial charge in [-0.05, 0) is 42.2 Å². The van der Waals surface area contributed by atoms with Gasteiger partial charge in [-0.3, -0.25) is 4.99 Å². The zero-order chi connectivity index (χ0) is 18.1. The van der Waals surface area contributed by atoms with E-state index in [0.29, 0.717) is 37.8 Å². The van der Waals surface area contributed by atoms with E-state index in [1.807, 2.05) is 25.1 Å². The van der Waals surface area contributed by atoms with Crippen LogP contribution in [0.3, 0.4) is 0 Å². The number of aryl methyl sites for hydroxylation is 1. The molecule has 0 atom stereocenters. The normalized spacial score (nSPS) is 11.4. The zero-order valence-corrected chi connectivity index (χ0v) is 15.1. The predicted molar refractivity (Wildman–Crippen MR) is 99.9 cm³/mol. The molecule has 2 rings (SSSR count). The van der Waals surface area contributed by atoms with Crippen LogP contribution in [0.25, 0.3) is 0 Å². The van der Waals surface area contributed by atoms with Crippen molar-refractivity contribution in [1.82, 2.24) is 10.6 Å². The van der Waals surface area contributed by atoms with Crippen molar-refractivity contribution in [1.29, 1.82) is 0 Å². The quantitative estimate of drug-likeness (QED) is 0.597. The highest BCUT2D eigenvalue weighted by Crippen LogP contribution is 2.10. The van der Waals surface area contributed by atoms with Crippen molar-refractivity contribution in [3.8, 4) is 0 Å². The lowest BCUT2D eigenvalue weighted by Crippen LogP contribution is -2.36. The van der Waals surface area contributed by atoms with Crippen molar-refractivity contribution >= 4 is 5.96 Å². The van der Waals surface area contributed by atoms with Crippen LogP contribution in [0, 0.1) is 12.7 Å². The van der Waals surface area contributed by atoms with Crippen LogP contribution in [0.2, 0.25) is 0 Å². The Hall–Kier alpha value is -2.40. The first-order chi connectivity index (χ1) is 12.1. The lowest BCUT2D eigenvalue weighted by atomic mass is 10.1. The molecule has 134 valence electrons. The van der Waals surface area contributed by atoms with Gasteiger partial charge in [0.25, 0.3) is 0 Å². The minimum absolute atomic E-state index is 0.188. The van der Waals surface area contributed by atoms with Gasteiger partial charge in [0.1, 0.15) is 5.82 Å². The third kappa shape index (κ3) is 5.87. The second kappa shape index (κ2) is 9.79. The largest absolute Gasteiger partial charge is 0.377 e. The summed E-state index contributed by atoms with van der Waals surface area (Å²) in [6, 6.07) is 13.4. The highest BCUT2D eigenvalue weighted by molar-refractivity contribution is 5.79. The summed E-state index contributed by atoms with van der Waals surface area (Å²) in [4.78, 5) is 4.22. The van der Waals surface area contributed by atoms with Crippen LogP contribution in [-0.4, -0.2) is 19.6 Å². The van der Waals surface area contributed by atoms with Crippen LogP contribution in [-0.2, 0) is 24.4 Å². The topological polar surface area (TPSA) is 45.6 Å². The van der Waals surface area contributed by atoms with Crippen LogP contribution in [0.1, 0.15) is 29.2 Å². The van der Waals surface area contributed by atoms with Crippen LogP contribution >= 0.6 is 0 Å². The first-order valence-electron chi connectivity index (χ1n) is 8.48. The van der Waals surface area contributed by atoms with Gasteiger partial charge in [-0.15, -0.1) is 0 Å². The number of hydrogen-bond donors (Lipinski definition) is 2. The second-order valence-corrected chi connectivity index (χ2v) is 5.77. The van der Waals surface area contributed by atoms with Crippen molar-refractivity contribution in [2.24, 2.45) is 4.99 Å². The van der Waals surface area contributed by atoms with Gasteiger partial charge in [0, 0.05) is 26.7 Å². The molecule has 4 nitrogen and oxygen atoms in total. The monoisotopic (exact) mass is 343 g/mol. The fourth-order valence-electron chi connectivity index (χ4n) is 2.41. The molecule has 0 aromatic heterocycles. The number of benzene rings is 2. The van der Waals surface area contributed by atoms with E-state index >= 15 is 0 Å². The predicted octanol–water partition coefficient (Wildman–Crippen LogP) is 3.54. The van der Waals surface area contributed by atoms with Crippen molar-refractivity contribution < 1.29 is 9.13 Å². The molecule has 2 N–H and O–H groups in total. The lowest BCUT2D eigenvalue weighted by molar-refractivity contribution is 0.133. The summed E-state index contributed by atoms with van der Waals surface area (Å²) in [6.07, 6.45) is 0. The molecule has 0 radical (unpaired) electrons. The molecule has 0 heterocycles. The Kier molecular flexibility index (Phi) is 7.41. The Balaban J connectivity index is 1.91. The van der Waals surface area contributed by atoms with Crippen molar-refractivity contribution in [3.63, 3.8) is 0 Å². The minimum atomic E-state index is -0.188. The smallest absolute Gasteiger partial charge is 0.191 e. The molecule has 0 aliphatic heterocycles. The van der Waals surface area contributed by atoms with E-state index in [4.69, 9.17) is 4.74 Å². The summed E-state index contributed by atoms with van der Waals surface area (Å²) >= 11 is 0. The molecule has 5 heteroatoms. The fraction of sp³-hybridized carbons (Fsp3) is 0.350. The third-order valence-corrected chi connectivity index (χ3v) is 3.95. The van der Waals surface area contributed by atoms with Crippen LogP contribution in [0.4, 0.5) is 4.39 Å². The first-order valence-corrected chi connectivity index (χ1v) is 8.48. The maximum Gasteiger partial charge on any atom is 0.191 e. The molecule has 0 fully saturated rings. The molecule has 0 saturated heterocycles. The maximum absolute atomic E-state index is 13.6. The molecule has 2 aromatic rings. The number of rotatable bonds is 7. The minimum Gasteiger partial charge on any atom is -0.377 e. The summed E-state index contributed by atoms with van der Waals surface area (Å²) in [6.45, 7) is 6.19. The number of ether oxygens (including phenoxy) is 1. The summed E-state index contributed by atoms with van der Waals surface area (Å²) in [5.41, 5.74) is 3.85. The van der Waals surface area contributed by atoms with E-state index in [-0.39, 0.29) is 5.82 Å². The van der Waals surface area contributed by atoms with Gasteiger partial charge in [-0.2, -0.15) is 0 Å². The Morgan fingerprint density at radius 2 is 1.80 bits per heavy atom. The Morgan fingerprint density at radius 1 is 1.08 bits per heavy atom. The molecule has 0 spiro atoms. The van der Waals surface area contributed by atoms with Gasteiger partial charge in [-0.1, -0.05) is 36.4 Å². The third-order valence-electron chi connectivity index (χ3n) is 3.95. The molecular formula is C20H26FN3O. The van der Waals surface area contributed by atoms with Crippen LogP contribution in [0.5, 0.6) is 0 Å². The van der Waals surface area contributed by atoms with Crippen molar-refractivity contribution in [2.45, 2.75) is 33.5 Å². The van der Waals surface area contributed by atoms with Crippen LogP contribution < -0.4 is 10.6 Å². The van der Waals surface area contributed by atoms with Gasteiger partial charge in [0.05, 0.1) is 6.61 Å². The summed E-state index contributed by atoms with van der Waals surface area (Å²) < 4.78 is 19.1. The molecule has 0 aliphatic carbocycles. The Morgan fingerprint density at radius 3 is 2.48 bits per heavy atom. The van der Waals surface area contributed by atoms with Crippen molar-refractivity contribution in [2.75, 3.05) is 13.7 Å². The molecule has 0 bridgehead atoms. The summed E-state index contributed by atoms with van der Waals surface area (Å²) in [5, 5.41) is 6.49. The van der Waals surface area contributed by atoms with E-state index < -0.39 is 0 Å². The molecule has 25 heavy (non-hydrogen) atoms. The standard InChI is InChI=1S/C20H26FN3O/c1-4-25-14-18-8-6-5-7-17(18)13-24-20(22-3)23-12-16-10-9-15(2)19(21)11-16/h5-11H,4,12-14H2,1-3H3,(H2,22,23,24). The Labute approximate surface area is 149 Å². The highest BCUT2D eigenvalue weighted by atomic mass is 19.1. The van der Waals surface area contributed by atoms with Gasteiger partial charge in [0.2, 0.25) is 0 Å². The van der Waals surface area contributed by atoms with E-state index in [1.54, 1.807) is 26.1 Å². The average molecular weight is 343 g/mol. The van der Waals surface area contributed by atoms with Crippen molar-refractivity contribution in [3.05, 3.63) is 70.5 Å². The number of aliphatic imine (C=N–C) groups is 1. The number of hydrogen-bond acceptors (Lipinski definition) is 2. The average Bonchev–Trinajstić information content (AvgIpc) is 2.63. The van der Waals surface area contributed by atoms with E-state index in [1.165, 1.54) is 5.56 Å². The first kappa shape index (κ1) is 18.9. The molecule has 0 amide bonds. The summed E-state index contributed by atoms with van der Waals surface area (Å²) in [7, 11) is 1.72. The fourth-order valence-corrected chi connectivity index (χ4v) is 2.41. The number of nitrogens with zero attached hydrogens (tertiary/aromatic N) is 1. The molecule has 0 saturated carbocycles. The molecular weight excluding hydrogens is 317 g/mol.